The Morgan fingerprint density at radius 2 is 1.82 bits per heavy atom. The molecular weight excluding hydrogens is 443 g/mol. The van der Waals surface area contributed by atoms with Crippen LogP contribution in [0, 0.1) is 5.92 Å². The average Bonchev–Trinajstić information content (AvgIpc) is 3.29. The number of hydrogen-bond acceptors (Lipinski definition) is 4. The van der Waals surface area contributed by atoms with E-state index in [1.165, 1.54) is 0 Å². The lowest BCUT2D eigenvalue weighted by Crippen LogP contribution is -2.40. The summed E-state index contributed by atoms with van der Waals surface area (Å²) >= 11 is 0. The minimum absolute atomic E-state index is 0.0206. The number of aromatic nitrogens is 1. The highest BCUT2D eigenvalue weighted by atomic mass is 19.4. The van der Waals surface area contributed by atoms with Crippen molar-refractivity contribution in [3.05, 3.63) is 29.1 Å². The summed E-state index contributed by atoms with van der Waals surface area (Å²) in [5.74, 6) is 0.0403. The highest BCUT2D eigenvalue weighted by Crippen LogP contribution is 2.32. The van der Waals surface area contributed by atoms with Crippen molar-refractivity contribution in [1.82, 2.24) is 15.2 Å². The first-order valence-corrected chi connectivity index (χ1v) is 12.7. The summed E-state index contributed by atoms with van der Waals surface area (Å²) in [7, 11) is 1.89. The van der Waals surface area contributed by atoms with Crippen molar-refractivity contribution in [3.8, 4) is 0 Å². The second kappa shape index (κ2) is 15.4. The molecule has 5 nitrogen and oxygen atoms in total. The zero-order valence-electron chi connectivity index (χ0n) is 22.4. The number of halogens is 3. The summed E-state index contributed by atoms with van der Waals surface area (Å²) in [6.45, 7) is 14.5. The molecule has 1 saturated carbocycles. The van der Waals surface area contributed by atoms with Crippen LogP contribution in [0.15, 0.2) is 12.3 Å². The SMILES string of the molecule is CC.CC.CCCC(C)(C)O.CNC1CCC(C(=O)N2CCc3ncc(C(F)(F)F)cc3C2)C1. The summed E-state index contributed by atoms with van der Waals surface area (Å²) < 4.78 is 38.4. The Hall–Kier alpha value is -1.67. The molecule has 0 bridgehead atoms. The molecular formula is C26H46F3N3O2. The van der Waals surface area contributed by atoms with Crippen molar-refractivity contribution >= 4 is 5.91 Å². The van der Waals surface area contributed by atoms with Gasteiger partial charge in [0.05, 0.1) is 11.2 Å². The van der Waals surface area contributed by atoms with Gasteiger partial charge in [0.2, 0.25) is 5.91 Å². The molecule has 198 valence electrons. The molecule has 0 spiro atoms. The maximum Gasteiger partial charge on any atom is 0.417 e. The van der Waals surface area contributed by atoms with Gasteiger partial charge in [-0.15, -0.1) is 0 Å². The molecule has 2 atom stereocenters. The molecule has 1 aromatic heterocycles. The third-order valence-electron chi connectivity index (χ3n) is 5.73. The molecule has 3 rings (SSSR count). The molecule has 2 unspecified atom stereocenters. The van der Waals surface area contributed by atoms with Gasteiger partial charge in [-0.1, -0.05) is 41.0 Å². The molecule has 8 heteroatoms. The second-order valence-corrected chi connectivity index (χ2v) is 8.90. The number of aliphatic hydroxyl groups is 1. The highest BCUT2D eigenvalue weighted by molar-refractivity contribution is 5.79. The Balaban J connectivity index is 0.000000844. The smallest absolute Gasteiger partial charge is 0.390 e. The number of hydrogen-bond donors (Lipinski definition) is 2. The van der Waals surface area contributed by atoms with Gasteiger partial charge in [-0.25, -0.2) is 0 Å². The molecule has 0 saturated heterocycles. The van der Waals surface area contributed by atoms with Gasteiger partial charge in [-0.05, 0) is 58.2 Å². The molecule has 34 heavy (non-hydrogen) atoms. The summed E-state index contributed by atoms with van der Waals surface area (Å²) in [5.41, 5.74) is -0.0137. The zero-order valence-corrected chi connectivity index (χ0v) is 22.4. The van der Waals surface area contributed by atoms with Gasteiger partial charge in [0.25, 0.3) is 0 Å². The van der Waals surface area contributed by atoms with Crippen molar-refractivity contribution in [2.45, 2.75) is 111 Å². The fraction of sp³-hybridized carbons (Fsp3) is 0.769. The van der Waals surface area contributed by atoms with E-state index in [4.69, 9.17) is 5.11 Å². The second-order valence-electron chi connectivity index (χ2n) is 8.90. The Morgan fingerprint density at radius 3 is 2.26 bits per heavy atom. The van der Waals surface area contributed by atoms with Crippen molar-refractivity contribution in [2.24, 2.45) is 5.92 Å². The maximum atomic E-state index is 12.8. The van der Waals surface area contributed by atoms with Gasteiger partial charge >= 0.3 is 6.18 Å². The van der Waals surface area contributed by atoms with Crippen molar-refractivity contribution in [1.29, 1.82) is 0 Å². The number of alkyl halides is 3. The van der Waals surface area contributed by atoms with Crippen LogP contribution in [0.2, 0.25) is 0 Å². The van der Waals surface area contributed by atoms with Crippen LogP contribution in [0.4, 0.5) is 13.2 Å². The molecule has 0 aromatic carbocycles. The van der Waals surface area contributed by atoms with Crippen LogP contribution in [-0.2, 0) is 23.9 Å². The fourth-order valence-electron chi connectivity index (χ4n) is 4.11. The number of pyridine rings is 1. The predicted octanol–water partition coefficient (Wildman–Crippen LogP) is 5.98. The number of carbonyl (C=O) groups is 1. The number of nitrogens with one attached hydrogen (secondary N) is 1. The van der Waals surface area contributed by atoms with Crippen molar-refractivity contribution in [3.63, 3.8) is 0 Å². The lowest BCUT2D eigenvalue weighted by molar-refractivity contribution is -0.138. The Morgan fingerprint density at radius 1 is 1.21 bits per heavy atom. The number of fused-ring (bicyclic) bond motifs is 1. The van der Waals surface area contributed by atoms with Gasteiger partial charge in [0, 0.05) is 43.4 Å². The topological polar surface area (TPSA) is 65.5 Å². The van der Waals surface area contributed by atoms with E-state index in [1.54, 1.807) is 4.90 Å². The van der Waals surface area contributed by atoms with Crippen LogP contribution < -0.4 is 5.32 Å². The first-order chi connectivity index (χ1) is 15.9. The van der Waals surface area contributed by atoms with E-state index in [9.17, 15) is 18.0 Å². The molecule has 0 radical (unpaired) electrons. The van der Waals surface area contributed by atoms with E-state index >= 15 is 0 Å². The molecule has 1 aliphatic carbocycles. The van der Waals surface area contributed by atoms with Crippen molar-refractivity contribution in [2.75, 3.05) is 13.6 Å². The van der Waals surface area contributed by atoms with Gasteiger partial charge < -0.3 is 15.3 Å². The Labute approximate surface area is 204 Å². The Bertz CT molecular complexity index is 718. The van der Waals surface area contributed by atoms with Crippen LogP contribution in [0.1, 0.15) is 97.4 Å². The fourth-order valence-corrected chi connectivity index (χ4v) is 4.11. The van der Waals surface area contributed by atoms with Gasteiger partial charge in [-0.3, -0.25) is 9.78 Å². The van der Waals surface area contributed by atoms with E-state index in [2.05, 4.69) is 17.2 Å². The molecule has 1 fully saturated rings. The third-order valence-corrected chi connectivity index (χ3v) is 5.73. The maximum absolute atomic E-state index is 12.8. The molecule has 1 aliphatic heterocycles. The summed E-state index contributed by atoms with van der Waals surface area (Å²) in [4.78, 5) is 18.2. The van der Waals surface area contributed by atoms with E-state index in [0.29, 0.717) is 30.3 Å². The van der Waals surface area contributed by atoms with Crippen molar-refractivity contribution < 1.29 is 23.1 Å². The first kappa shape index (κ1) is 32.3. The minimum Gasteiger partial charge on any atom is -0.390 e. The molecule has 2 aliphatic rings. The van der Waals surface area contributed by atoms with Crippen LogP contribution in [0.25, 0.3) is 0 Å². The molecule has 2 N–H and O–H groups in total. The highest BCUT2D eigenvalue weighted by Gasteiger charge is 2.35. The van der Waals surface area contributed by atoms with E-state index in [0.717, 1.165) is 44.4 Å². The van der Waals surface area contributed by atoms with Crippen LogP contribution in [0.3, 0.4) is 0 Å². The van der Waals surface area contributed by atoms with Crippen LogP contribution >= 0.6 is 0 Å². The third kappa shape index (κ3) is 10.7. The van der Waals surface area contributed by atoms with Gasteiger partial charge in [0.15, 0.2) is 0 Å². The molecule has 1 aromatic rings. The number of carbonyl (C=O) groups excluding carboxylic acids is 1. The number of amides is 1. The first-order valence-electron chi connectivity index (χ1n) is 12.7. The van der Waals surface area contributed by atoms with E-state index in [1.807, 2.05) is 48.6 Å². The summed E-state index contributed by atoms with van der Waals surface area (Å²) in [6, 6.07) is 1.49. The molecule has 2 heterocycles. The van der Waals surface area contributed by atoms with Gasteiger partial charge in [-0.2, -0.15) is 13.2 Å². The molecule has 1 amide bonds. The normalized spacial score (nSPS) is 19.5. The Kier molecular flexibility index (Phi) is 14.6. The summed E-state index contributed by atoms with van der Waals surface area (Å²) in [5, 5.41) is 12.2. The van der Waals surface area contributed by atoms with E-state index in [-0.39, 0.29) is 18.4 Å². The van der Waals surface area contributed by atoms with E-state index < -0.39 is 17.3 Å². The van der Waals surface area contributed by atoms with Crippen LogP contribution in [0.5, 0.6) is 0 Å². The monoisotopic (exact) mass is 489 g/mol. The largest absolute Gasteiger partial charge is 0.417 e. The van der Waals surface area contributed by atoms with Crippen LogP contribution in [-0.4, -0.2) is 46.1 Å². The zero-order chi connectivity index (χ0) is 26.5. The minimum atomic E-state index is -4.40. The number of nitrogens with zero attached hydrogens (tertiary/aromatic N) is 2. The lowest BCUT2D eigenvalue weighted by Gasteiger charge is -2.30. The average molecular weight is 490 g/mol. The standard InChI is InChI=1S/C16H20F3N3O.C6H14O.2C2H6/c1-20-13-3-2-10(7-13)15(23)22-5-4-14-11(9-22)6-12(8-21-14)16(17,18)19;1-4-5-6(2,3)7;2*1-2/h6,8,10,13,20H,2-5,7,9H2,1H3;7H,4-5H2,1-3H3;2*1-2H3. The number of rotatable bonds is 4. The van der Waals surface area contributed by atoms with Gasteiger partial charge in [0.1, 0.15) is 0 Å². The quantitative estimate of drug-likeness (QED) is 0.546. The summed E-state index contributed by atoms with van der Waals surface area (Å²) in [6.07, 6.45) is 1.56. The predicted molar refractivity (Wildman–Crippen MR) is 132 cm³/mol. The lowest BCUT2D eigenvalue weighted by atomic mass is 10.00.